The molecule has 7 heteroatoms. The zero-order valence-corrected chi connectivity index (χ0v) is 15.8. The predicted octanol–water partition coefficient (Wildman–Crippen LogP) is 1.66. The van der Waals surface area contributed by atoms with Gasteiger partial charge in [-0.25, -0.2) is 15.0 Å². The first kappa shape index (κ1) is 17.1. The molecule has 1 atom stereocenters. The van der Waals surface area contributed by atoms with Gasteiger partial charge in [-0.2, -0.15) is 0 Å². The molecule has 0 aliphatic carbocycles. The Morgan fingerprint density at radius 3 is 2.82 bits per heavy atom. The van der Waals surface area contributed by atoms with Crippen molar-refractivity contribution in [2.24, 2.45) is 7.05 Å². The third kappa shape index (κ3) is 2.88. The Kier molecular flexibility index (Phi) is 4.16. The van der Waals surface area contributed by atoms with Crippen LogP contribution in [0.1, 0.15) is 17.2 Å². The summed E-state index contributed by atoms with van der Waals surface area (Å²) < 4.78 is 1.63. The highest BCUT2D eigenvalue weighted by Gasteiger charge is 2.33. The van der Waals surface area contributed by atoms with Crippen molar-refractivity contribution in [1.29, 1.82) is 0 Å². The van der Waals surface area contributed by atoms with Gasteiger partial charge >= 0.3 is 0 Å². The van der Waals surface area contributed by atoms with Crippen molar-refractivity contribution in [1.82, 2.24) is 24.4 Å². The van der Waals surface area contributed by atoms with Crippen LogP contribution in [0.5, 0.6) is 0 Å². The van der Waals surface area contributed by atoms with Crippen LogP contribution < -0.4 is 10.5 Å². The van der Waals surface area contributed by atoms with E-state index in [9.17, 15) is 4.79 Å². The predicted molar refractivity (Wildman–Crippen MR) is 107 cm³/mol. The summed E-state index contributed by atoms with van der Waals surface area (Å²) in [5.74, 6) is 0.698. The van der Waals surface area contributed by atoms with E-state index in [1.54, 1.807) is 23.9 Å². The molecule has 1 fully saturated rings. The van der Waals surface area contributed by atoms with Gasteiger partial charge in [0.2, 0.25) is 5.95 Å². The number of aromatic nitrogens is 4. The van der Waals surface area contributed by atoms with Crippen LogP contribution in [0.15, 0.2) is 53.7 Å². The van der Waals surface area contributed by atoms with E-state index in [4.69, 9.17) is 4.98 Å². The molecule has 2 aromatic heterocycles. The van der Waals surface area contributed by atoms with Gasteiger partial charge in [0.15, 0.2) is 0 Å². The monoisotopic (exact) mass is 374 g/mol. The number of benzene rings is 1. The van der Waals surface area contributed by atoms with E-state index in [1.807, 2.05) is 0 Å². The normalized spacial score (nSPS) is 19.2. The van der Waals surface area contributed by atoms with Crippen molar-refractivity contribution >= 4 is 5.95 Å². The molecule has 0 radical (unpaired) electrons. The molecule has 1 saturated heterocycles. The maximum Gasteiger partial charge on any atom is 0.255 e. The van der Waals surface area contributed by atoms with Gasteiger partial charge in [-0.1, -0.05) is 24.3 Å². The molecule has 0 spiro atoms. The fourth-order valence-corrected chi connectivity index (χ4v) is 4.30. The minimum atomic E-state index is -0.0786. The lowest BCUT2D eigenvalue weighted by molar-refractivity contribution is 0.165. The SMILES string of the molecule is Cn1c(N2CCN3CCc4ccccc4C3C2)nc(-c2ccncn2)cc1=O. The molecule has 1 aromatic carbocycles. The smallest absolute Gasteiger partial charge is 0.255 e. The van der Waals surface area contributed by atoms with Crippen molar-refractivity contribution in [3.8, 4) is 11.4 Å². The summed E-state index contributed by atoms with van der Waals surface area (Å²) in [4.78, 5) is 30.4. The molecule has 28 heavy (non-hydrogen) atoms. The van der Waals surface area contributed by atoms with Crippen LogP contribution in [-0.2, 0) is 13.5 Å². The first-order chi connectivity index (χ1) is 13.7. The van der Waals surface area contributed by atoms with Crippen LogP contribution in [0, 0.1) is 0 Å². The van der Waals surface area contributed by atoms with Gasteiger partial charge in [0.25, 0.3) is 5.56 Å². The zero-order valence-electron chi connectivity index (χ0n) is 15.8. The number of rotatable bonds is 2. The summed E-state index contributed by atoms with van der Waals surface area (Å²) in [7, 11) is 1.79. The molecule has 1 unspecified atom stereocenters. The van der Waals surface area contributed by atoms with E-state index in [-0.39, 0.29) is 5.56 Å². The second kappa shape index (κ2) is 6.83. The number of piperazine rings is 1. The van der Waals surface area contributed by atoms with Gasteiger partial charge in [-0.15, -0.1) is 0 Å². The fourth-order valence-electron chi connectivity index (χ4n) is 4.30. The van der Waals surface area contributed by atoms with E-state index in [2.05, 4.69) is 44.0 Å². The third-order valence-electron chi connectivity index (χ3n) is 5.81. The average Bonchev–Trinajstić information content (AvgIpc) is 2.75. The van der Waals surface area contributed by atoms with E-state index in [1.165, 1.54) is 23.5 Å². The Bertz CT molecular complexity index is 1060. The highest BCUT2D eigenvalue weighted by molar-refractivity contribution is 5.55. The van der Waals surface area contributed by atoms with Crippen molar-refractivity contribution in [2.75, 3.05) is 31.1 Å². The maximum atomic E-state index is 12.6. The summed E-state index contributed by atoms with van der Waals surface area (Å²) in [6.07, 6.45) is 4.25. The fraction of sp³-hybridized carbons (Fsp3) is 0.333. The summed E-state index contributed by atoms with van der Waals surface area (Å²) in [5, 5.41) is 0. The number of fused-ring (bicyclic) bond motifs is 3. The second-order valence-electron chi connectivity index (χ2n) is 7.38. The first-order valence-corrected chi connectivity index (χ1v) is 9.62. The highest BCUT2D eigenvalue weighted by atomic mass is 16.1. The Morgan fingerprint density at radius 1 is 1.07 bits per heavy atom. The largest absolute Gasteiger partial charge is 0.339 e. The first-order valence-electron chi connectivity index (χ1n) is 9.62. The molecule has 0 saturated carbocycles. The Balaban J connectivity index is 1.52. The Morgan fingerprint density at radius 2 is 1.96 bits per heavy atom. The molecule has 7 nitrogen and oxygen atoms in total. The van der Waals surface area contributed by atoms with Crippen molar-refractivity contribution in [3.05, 3.63) is 70.4 Å². The minimum absolute atomic E-state index is 0.0786. The molecule has 2 aliphatic heterocycles. The van der Waals surface area contributed by atoms with E-state index < -0.39 is 0 Å². The third-order valence-corrected chi connectivity index (χ3v) is 5.81. The van der Waals surface area contributed by atoms with Crippen LogP contribution >= 0.6 is 0 Å². The summed E-state index contributed by atoms with van der Waals surface area (Å²) in [5.41, 5.74) is 4.00. The number of hydrogen-bond acceptors (Lipinski definition) is 6. The second-order valence-corrected chi connectivity index (χ2v) is 7.38. The number of hydrogen-bond donors (Lipinski definition) is 0. The van der Waals surface area contributed by atoms with Crippen LogP contribution in [-0.4, -0.2) is 50.6 Å². The zero-order chi connectivity index (χ0) is 19.1. The lowest BCUT2D eigenvalue weighted by Gasteiger charge is -2.45. The Hall–Kier alpha value is -3.06. The quantitative estimate of drug-likeness (QED) is 0.680. The topological polar surface area (TPSA) is 67.2 Å². The van der Waals surface area contributed by atoms with E-state index in [0.29, 0.717) is 23.4 Å². The van der Waals surface area contributed by atoms with Gasteiger partial charge in [-0.3, -0.25) is 14.3 Å². The molecule has 2 aliphatic rings. The maximum absolute atomic E-state index is 12.6. The summed E-state index contributed by atoms with van der Waals surface area (Å²) >= 11 is 0. The van der Waals surface area contributed by atoms with Crippen molar-refractivity contribution in [3.63, 3.8) is 0 Å². The van der Waals surface area contributed by atoms with Gasteiger partial charge in [0.05, 0.1) is 17.4 Å². The summed E-state index contributed by atoms with van der Waals surface area (Å²) in [6.45, 7) is 3.73. The van der Waals surface area contributed by atoms with Gasteiger partial charge in [-0.05, 0) is 23.6 Å². The van der Waals surface area contributed by atoms with Gasteiger partial charge < -0.3 is 4.90 Å². The number of nitrogens with zero attached hydrogens (tertiary/aromatic N) is 6. The lowest BCUT2D eigenvalue weighted by atomic mass is 9.91. The molecule has 0 bridgehead atoms. The van der Waals surface area contributed by atoms with Gasteiger partial charge in [0.1, 0.15) is 6.33 Å². The van der Waals surface area contributed by atoms with Crippen molar-refractivity contribution < 1.29 is 0 Å². The molecular weight excluding hydrogens is 352 g/mol. The molecular formula is C21H22N6O. The minimum Gasteiger partial charge on any atom is -0.339 e. The van der Waals surface area contributed by atoms with Crippen LogP contribution in [0.25, 0.3) is 11.4 Å². The average molecular weight is 374 g/mol. The van der Waals surface area contributed by atoms with E-state index in [0.717, 1.165) is 32.6 Å². The van der Waals surface area contributed by atoms with E-state index >= 15 is 0 Å². The molecule has 0 N–H and O–H groups in total. The van der Waals surface area contributed by atoms with Crippen LogP contribution in [0.4, 0.5) is 5.95 Å². The molecule has 142 valence electrons. The molecule has 3 aromatic rings. The van der Waals surface area contributed by atoms with Crippen LogP contribution in [0.2, 0.25) is 0 Å². The molecule has 0 amide bonds. The highest BCUT2D eigenvalue weighted by Crippen LogP contribution is 2.33. The lowest BCUT2D eigenvalue weighted by Crippen LogP contribution is -2.52. The molecule has 5 rings (SSSR count). The van der Waals surface area contributed by atoms with Crippen molar-refractivity contribution in [2.45, 2.75) is 12.5 Å². The van der Waals surface area contributed by atoms with Gasteiger partial charge in [0, 0.05) is 45.5 Å². The number of anilines is 1. The standard InChI is InChI=1S/C21H22N6O/c1-25-20(28)12-18(17-6-8-22-14-23-17)24-21(25)27-11-10-26-9-7-15-4-2-3-5-16(15)19(26)13-27/h2-6,8,12,14,19H,7,9-11,13H2,1H3. The summed E-state index contributed by atoms with van der Waals surface area (Å²) in [6, 6.07) is 12.3. The molecule has 4 heterocycles. The Labute approximate surface area is 163 Å². The van der Waals surface area contributed by atoms with Crippen LogP contribution in [0.3, 0.4) is 0 Å².